The topological polar surface area (TPSA) is 151 Å². The van der Waals surface area contributed by atoms with Crippen molar-refractivity contribution in [1.29, 1.82) is 0 Å². The molecule has 0 aliphatic heterocycles. The number of rotatable bonds is 44. The Kier molecular flexibility index (Phi) is 41.8. The van der Waals surface area contributed by atoms with Gasteiger partial charge in [0.05, 0.1) is 37.9 Å². The van der Waals surface area contributed by atoms with E-state index in [-0.39, 0.29) is 19.6 Å². The number of allylic oxidation sites excluding steroid dienone is 5. The molecule has 57 heavy (non-hydrogen) atoms. The van der Waals surface area contributed by atoms with Crippen LogP contribution in [0.3, 0.4) is 0 Å². The number of nitrogens with one attached hydrogen (secondary N) is 1. The van der Waals surface area contributed by atoms with Crippen LogP contribution in [0.1, 0.15) is 219 Å². The largest absolute Gasteiger partial charge is 0.472 e. The number of phosphoric acid groups is 1. The van der Waals surface area contributed by atoms with Crippen LogP contribution in [0.15, 0.2) is 36.5 Å². The third-order valence-corrected chi connectivity index (χ3v) is 11.5. The third-order valence-electron chi connectivity index (χ3n) is 10.5. The van der Waals surface area contributed by atoms with Crippen LogP contribution in [0.4, 0.5) is 0 Å². The zero-order chi connectivity index (χ0) is 41.9. The molecule has 0 aliphatic carbocycles. The first-order chi connectivity index (χ1) is 27.8. The molecule has 336 valence electrons. The molecule has 6 N–H and O–H groups in total. The molecule has 0 aliphatic rings. The number of unbranched alkanes of at least 4 members (excludes halogenated alkanes) is 26. The van der Waals surface area contributed by atoms with Gasteiger partial charge in [-0.2, -0.15) is 0 Å². The Morgan fingerprint density at radius 2 is 1.09 bits per heavy atom. The summed E-state index contributed by atoms with van der Waals surface area (Å²) in [5.41, 5.74) is 5.37. The van der Waals surface area contributed by atoms with Gasteiger partial charge in [-0.25, -0.2) is 4.57 Å². The molecular weight excluding hydrogens is 735 g/mol. The van der Waals surface area contributed by atoms with Crippen LogP contribution < -0.4 is 11.1 Å². The lowest BCUT2D eigenvalue weighted by molar-refractivity contribution is -0.124. The number of hydrogen-bond donors (Lipinski definition) is 5. The summed E-state index contributed by atoms with van der Waals surface area (Å²) in [5, 5.41) is 24.1. The fourth-order valence-electron chi connectivity index (χ4n) is 6.98. The minimum atomic E-state index is -4.40. The highest BCUT2D eigenvalue weighted by molar-refractivity contribution is 7.47. The summed E-state index contributed by atoms with van der Waals surface area (Å²) < 4.78 is 22.1. The summed E-state index contributed by atoms with van der Waals surface area (Å²) in [6.07, 6.45) is 48.0. The van der Waals surface area contributed by atoms with Crippen molar-refractivity contribution in [3.8, 4) is 0 Å². The van der Waals surface area contributed by atoms with Gasteiger partial charge in [-0.05, 0) is 44.9 Å². The SMILES string of the molecule is CC/C=C\C/C=C\CCCCCCCCCCCCCCC(O)CC(=O)NC(COP(=O)(O)OCCN)C(O)/C=C/CCCCCCCCCCCCCCCC. The molecule has 1 amide bonds. The molecule has 0 heterocycles. The molecule has 0 rings (SSSR count). The van der Waals surface area contributed by atoms with Crippen molar-refractivity contribution in [2.45, 2.75) is 238 Å². The summed E-state index contributed by atoms with van der Waals surface area (Å²) in [6.45, 7) is 3.89. The second kappa shape index (κ2) is 42.8. The number of carbonyl (C=O) groups excluding carboxylic acids is 1. The molecular formula is C47H91N2O7P. The van der Waals surface area contributed by atoms with E-state index in [0.29, 0.717) is 6.42 Å². The number of aliphatic hydroxyl groups is 2. The van der Waals surface area contributed by atoms with Gasteiger partial charge >= 0.3 is 7.82 Å². The van der Waals surface area contributed by atoms with E-state index in [1.165, 1.54) is 141 Å². The summed E-state index contributed by atoms with van der Waals surface area (Å²) in [5.74, 6) is -0.446. The van der Waals surface area contributed by atoms with E-state index < -0.39 is 38.6 Å². The maximum absolute atomic E-state index is 12.8. The van der Waals surface area contributed by atoms with Gasteiger partial charge in [-0.15, -0.1) is 0 Å². The lowest BCUT2D eigenvalue weighted by Gasteiger charge is -2.24. The quantitative estimate of drug-likeness (QED) is 0.0231. The van der Waals surface area contributed by atoms with Gasteiger partial charge in [-0.1, -0.05) is 204 Å². The van der Waals surface area contributed by atoms with E-state index in [1.807, 2.05) is 6.08 Å². The first-order valence-electron chi connectivity index (χ1n) is 23.7. The first-order valence-corrected chi connectivity index (χ1v) is 25.2. The van der Waals surface area contributed by atoms with E-state index in [9.17, 15) is 24.5 Å². The average Bonchev–Trinajstić information content (AvgIpc) is 3.19. The van der Waals surface area contributed by atoms with Crippen LogP contribution in [0, 0.1) is 0 Å². The summed E-state index contributed by atoms with van der Waals surface area (Å²) in [4.78, 5) is 22.8. The third kappa shape index (κ3) is 41.2. The van der Waals surface area contributed by atoms with Crippen LogP contribution in [0.5, 0.6) is 0 Å². The highest BCUT2D eigenvalue weighted by atomic mass is 31.2. The van der Waals surface area contributed by atoms with Crippen molar-refractivity contribution >= 4 is 13.7 Å². The van der Waals surface area contributed by atoms with Crippen LogP contribution in [-0.2, 0) is 18.4 Å². The monoisotopic (exact) mass is 827 g/mol. The molecule has 4 atom stereocenters. The lowest BCUT2D eigenvalue weighted by Crippen LogP contribution is -2.46. The summed E-state index contributed by atoms with van der Waals surface area (Å²) in [6, 6.07) is -0.982. The minimum absolute atomic E-state index is 0.0491. The predicted molar refractivity (Wildman–Crippen MR) is 241 cm³/mol. The smallest absolute Gasteiger partial charge is 0.393 e. The summed E-state index contributed by atoms with van der Waals surface area (Å²) >= 11 is 0. The molecule has 0 saturated carbocycles. The minimum Gasteiger partial charge on any atom is -0.393 e. The number of nitrogens with two attached hydrogens (primary N) is 1. The molecule has 0 aromatic heterocycles. The number of amides is 1. The maximum atomic E-state index is 12.8. The molecule has 0 bridgehead atoms. The van der Waals surface area contributed by atoms with Gasteiger partial charge in [0.15, 0.2) is 0 Å². The van der Waals surface area contributed by atoms with E-state index in [4.69, 9.17) is 14.8 Å². The van der Waals surface area contributed by atoms with Gasteiger partial charge in [0.25, 0.3) is 0 Å². The first kappa shape index (κ1) is 55.7. The number of hydrogen-bond acceptors (Lipinski definition) is 7. The molecule has 0 saturated heterocycles. The Hall–Kier alpha value is -1.32. The molecule has 10 heteroatoms. The average molecular weight is 827 g/mol. The highest BCUT2D eigenvalue weighted by Crippen LogP contribution is 2.43. The Labute approximate surface area is 351 Å². The van der Waals surface area contributed by atoms with Crippen molar-refractivity contribution < 1.29 is 33.5 Å². The van der Waals surface area contributed by atoms with Crippen molar-refractivity contribution in [2.75, 3.05) is 19.8 Å². The zero-order valence-electron chi connectivity index (χ0n) is 36.9. The Morgan fingerprint density at radius 3 is 1.58 bits per heavy atom. The van der Waals surface area contributed by atoms with Gasteiger partial charge in [-0.3, -0.25) is 13.8 Å². The molecule has 9 nitrogen and oxygen atoms in total. The predicted octanol–water partition coefficient (Wildman–Crippen LogP) is 12.5. The molecule has 0 radical (unpaired) electrons. The van der Waals surface area contributed by atoms with E-state index in [0.717, 1.165) is 51.4 Å². The van der Waals surface area contributed by atoms with Gasteiger partial charge in [0, 0.05) is 6.54 Å². The van der Waals surface area contributed by atoms with Crippen LogP contribution in [0.2, 0.25) is 0 Å². The molecule has 0 aromatic rings. The van der Waals surface area contributed by atoms with Crippen LogP contribution in [-0.4, -0.2) is 59.0 Å². The van der Waals surface area contributed by atoms with Gasteiger partial charge < -0.3 is 26.2 Å². The molecule has 0 spiro atoms. The Balaban J connectivity index is 4.23. The standard InChI is InChI=1S/C47H91N2O7P/c1-3-5-7-9-11-13-15-17-19-21-22-23-24-26-28-30-32-34-36-38-44(50)42-47(52)49-45(43-56-57(53,54)55-41-40-48)46(51)39-37-35-33-31-29-27-25-20-18-16-14-12-10-8-6-4-2/h5,7,11,13,37,39,44-46,50-51H,3-4,6,8-10,12,14-36,38,40-43,48H2,1-2H3,(H,49,52)(H,53,54)/b7-5-,13-11-,39-37+. The van der Waals surface area contributed by atoms with Gasteiger partial charge in [0.1, 0.15) is 0 Å². The normalized spacial score (nSPS) is 14.8. The van der Waals surface area contributed by atoms with Crippen molar-refractivity contribution in [1.82, 2.24) is 5.32 Å². The zero-order valence-corrected chi connectivity index (χ0v) is 37.8. The Morgan fingerprint density at radius 1 is 0.632 bits per heavy atom. The van der Waals surface area contributed by atoms with Crippen molar-refractivity contribution in [3.63, 3.8) is 0 Å². The van der Waals surface area contributed by atoms with Crippen LogP contribution in [0.25, 0.3) is 0 Å². The lowest BCUT2D eigenvalue weighted by atomic mass is 10.0. The molecule has 4 unspecified atom stereocenters. The second-order valence-corrected chi connectivity index (χ2v) is 17.6. The van der Waals surface area contributed by atoms with Crippen LogP contribution >= 0.6 is 7.82 Å². The van der Waals surface area contributed by atoms with Crippen molar-refractivity contribution in [2.24, 2.45) is 5.73 Å². The molecule has 0 aromatic carbocycles. The maximum Gasteiger partial charge on any atom is 0.472 e. The van der Waals surface area contributed by atoms with E-state index in [2.05, 4.69) is 43.5 Å². The van der Waals surface area contributed by atoms with E-state index >= 15 is 0 Å². The fraction of sp³-hybridized carbons (Fsp3) is 0.851. The fourth-order valence-corrected chi connectivity index (χ4v) is 7.74. The molecule has 0 fully saturated rings. The Bertz CT molecular complexity index is 1010. The number of phosphoric ester groups is 1. The highest BCUT2D eigenvalue weighted by Gasteiger charge is 2.27. The number of aliphatic hydroxyl groups excluding tert-OH is 2. The van der Waals surface area contributed by atoms with Gasteiger partial charge in [0.2, 0.25) is 5.91 Å². The number of carbonyl (C=O) groups is 1. The summed E-state index contributed by atoms with van der Waals surface area (Å²) in [7, 11) is -4.40. The second-order valence-electron chi connectivity index (χ2n) is 16.1. The van der Waals surface area contributed by atoms with Crippen molar-refractivity contribution in [3.05, 3.63) is 36.5 Å². The van der Waals surface area contributed by atoms with E-state index in [1.54, 1.807) is 6.08 Å².